The molecule has 3 fully saturated rings. The van der Waals surface area contributed by atoms with Crippen LogP contribution in [0.2, 0.25) is 0 Å². The second-order valence-electron chi connectivity index (χ2n) is 8.12. The van der Waals surface area contributed by atoms with Gasteiger partial charge in [-0.3, -0.25) is 4.90 Å². The van der Waals surface area contributed by atoms with Gasteiger partial charge in [0.25, 0.3) is 0 Å². The fraction of sp³-hybridized carbons (Fsp3) is 0.750. The Labute approximate surface area is 201 Å². The average molecular weight is 536 g/mol. The number of anilines is 1. The highest BCUT2D eigenvalue weighted by molar-refractivity contribution is 7.13. The van der Waals surface area contributed by atoms with Gasteiger partial charge in [0, 0.05) is 31.1 Å². The van der Waals surface area contributed by atoms with Gasteiger partial charge in [-0.1, -0.05) is 12.8 Å². The van der Waals surface area contributed by atoms with Crippen molar-refractivity contribution in [2.24, 2.45) is 0 Å². The lowest BCUT2D eigenvalue weighted by Crippen LogP contribution is -2.44. The molecule has 200 valence electrons. The van der Waals surface area contributed by atoms with E-state index in [0.29, 0.717) is 6.04 Å². The van der Waals surface area contributed by atoms with Gasteiger partial charge < -0.3 is 19.8 Å². The van der Waals surface area contributed by atoms with Crippen LogP contribution in [0.25, 0.3) is 0 Å². The number of carbonyl (C=O) groups is 2. The number of hydrogen-bond acceptors (Lipinski definition) is 7. The summed E-state index contributed by atoms with van der Waals surface area (Å²) in [6, 6.07) is 1.14. The Morgan fingerprint density at radius 1 is 0.943 bits per heavy atom. The van der Waals surface area contributed by atoms with Crippen molar-refractivity contribution >= 4 is 28.4 Å². The Balaban J connectivity index is 0.000000257. The van der Waals surface area contributed by atoms with Crippen molar-refractivity contribution in [1.29, 1.82) is 0 Å². The van der Waals surface area contributed by atoms with Crippen LogP contribution in [0.15, 0.2) is 5.38 Å². The maximum absolute atomic E-state index is 10.6. The Kier molecular flexibility index (Phi) is 10.6. The first-order valence-corrected chi connectivity index (χ1v) is 11.8. The highest BCUT2D eigenvalue weighted by atomic mass is 32.1. The van der Waals surface area contributed by atoms with Gasteiger partial charge in [0.1, 0.15) is 0 Å². The van der Waals surface area contributed by atoms with E-state index in [-0.39, 0.29) is 0 Å². The average Bonchev–Trinajstić information content (AvgIpc) is 3.56. The molecule has 1 aromatic heterocycles. The predicted octanol–water partition coefficient (Wildman–Crippen LogP) is 4.33. The molecule has 8 nitrogen and oxygen atoms in total. The highest BCUT2D eigenvalue weighted by Crippen LogP contribution is 2.35. The summed E-state index contributed by atoms with van der Waals surface area (Å²) >= 11 is 1.82. The largest absolute Gasteiger partial charge is 0.490 e. The summed E-state index contributed by atoms with van der Waals surface area (Å²) in [4.78, 5) is 27.9. The lowest BCUT2D eigenvalue weighted by atomic mass is 10.1. The molecule has 1 aromatic rings. The Morgan fingerprint density at radius 3 is 1.94 bits per heavy atom. The molecular formula is C20H27F6N3O5S. The molecule has 1 saturated carbocycles. The van der Waals surface area contributed by atoms with Crippen molar-refractivity contribution in [2.45, 2.75) is 63.0 Å². The van der Waals surface area contributed by atoms with E-state index in [2.05, 4.69) is 15.2 Å². The number of aliphatic carboxylic acids is 2. The SMILES string of the molecule is O=C(O)C(F)(F)F.O=C(O)C(F)(F)F.c1sc(N2CCCC2)nc1C1COCCN1C1CCCC1. The quantitative estimate of drug-likeness (QED) is 0.552. The van der Waals surface area contributed by atoms with Gasteiger partial charge in [-0.2, -0.15) is 26.3 Å². The topological polar surface area (TPSA) is 103 Å². The van der Waals surface area contributed by atoms with Crippen LogP contribution in [-0.4, -0.2) is 83.3 Å². The second kappa shape index (κ2) is 12.7. The molecule has 1 atom stereocenters. The molecule has 0 spiro atoms. The number of carboxylic acids is 2. The van der Waals surface area contributed by atoms with Crippen LogP contribution in [0.1, 0.15) is 50.3 Å². The first-order valence-electron chi connectivity index (χ1n) is 10.9. The third kappa shape index (κ3) is 9.11. The van der Waals surface area contributed by atoms with Crippen LogP contribution in [0.3, 0.4) is 0 Å². The van der Waals surface area contributed by atoms with E-state index >= 15 is 0 Å². The molecule has 1 unspecified atom stereocenters. The summed E-state index contributed by atoms with van der Waals surface area (Å²) in [7, 11) is 0. The van der Waals surface area contributed by atoms with Crippen LogP contribution in [0.5, 0.6) is 0 Å². The van der Waals surface area contributed by atoms with E-state index in [4.69, 9.17) is 29.5 Å². The molecule has 1 aliphatic carbocycles. The van der Waals surface area contributed by atoms with E-state index in [1.165, 1.54) is 62.4 Å². The zero-order chi connectivity index (χ0) is 26.2. The molecule has 0 aromatic carbocycles. The number of ether oxygens (including phenoxy) is 1. The molecule has 3 aliphatic rings. The molecular weight excluding hydrogens is 508 g/mol. The van der Waals surface area contributed by atoms with Crippen molar-refractivity contribution in [3.8, 4) is 0 Å². The van der Waals surface area contributed by atoms with E-state index in [0.717, 1.165) is 25.8 Å². The zero-order valence-electron chi connectivity index (χ0n) is 18.6. The minimum atomic E-state index is -5.08. The Bertz CT molecular complexity index is 799. The zero-order valence-corrected chi connectivity index (χ0v) is 19.5. The minimum absolute atomic E-state index is 0.384. The third-order valence-electron chi connectivity index (χ3n) is 5.68. The van der Waals surface area contributed by atoms with Crippen LogP contribution in [0, 0.1) is 0 Å². The molecule has 35 heavy (non-hydrogen) atoms. The molecule has 0 bridgehead atoms. The smallest absolute Gasteiger partial charge is 0.475 e. The van der Waals surface area contributed by atoms with Crippen LogP contribution in [0.4, 0.5) is 31.5 Å². The normalized spacial score (nSPS) is 21.7. The molecule has 0 radical (unpaired) electrons. The number of aromatic nitrogens is 1. The van der Waals surface area contributed by atoms with E-state index in [9.17, 15) is 26.3 Å². The predicted molar refractivity (Wildman–Crippen MR) is 113 cm³/mol. The number of hydrogen-bond donors (Lipinski definition) is 2. The molecule has 3 heterocycles. The van der Waals surface area contributed by atoms with Crippen molar-refractivity contribution < 1.29 is 50.9 Å². The van der Waals surface area contributed by atoms with Crippen molar-refractivity contribution in [1.82, 2.24) is 9.88 Å². The van der Waals surface area contributed by atoms with E-state index in [1.54, 1.807) is 0 Å². The number of nitrogens with zero attached hydrogens (tertiary/aromatic N) is 3. The van der Waals surface area contributed by atoms with Gasteiger partial charge in [-0.05, 0) is 25.7 Å². The van der Waals surface area contributed by atoms with Crippen molar-refractivity contribution in [3.05, 3.63) is 11.1 Å². The van der Waals surface area contributed by atoms with Gasteiger partial charge in [0.15, 0.2) is 5.13 Å². The number of morpholine rings is 1. The summed E-state index contributed by atoms with van der Waals surface area (Å²) in [5.41, 5.74) is 1.24. The van der Waals surface area contributed by atoms with Crippen LogP contribution < -0.4 is 4.90 Å². The fourth-order valence-electron chi connectivity index (χ4n) is 4.03. The van der Waals surface area contributed by atoms with Gasteiger partial charge in [-0.25, -0.2) is 14.6 Å². The number of alkyl halides is 6. The molecule has 2 N–H and O–H groups in total. The van der Waals surface area contributed by atoms with Crippen molar-refractivity contribution in [2.75, 3.05) is 37.7 Å². The lowest BCUT2D eigenvalue weighted by Gasteiger charge is -2.38. The summed E-state index contributed by atoms with van der Waals surface area (Å²) in [6.07, 6.45) is -2.03. The third-order valence-corrected chi connectivity index (χ3v) is 6.60. The maximum Gasteiger partial charge on any atom is 0.490 e. The van der Waals surface area contributed by atoms with Crippen LogP contribution >= 0.6 is 11.3 Å². The van der Waals surface area contributed by atoms with Gasteiger partial charge >= 0.3 is 24.3 Å². The summed E-state index contributed by atoms with van der Waals surface area (Å²) < 4.78 is 69.2. The standard InChI is InChI=1S/C16H25N3OS.2C2HF3O2/c1-2-6-13(5-1)19-9-10-20-11-15(19)14-12-21-16(17-14)18-7-3-4-8-18;2*3-2(4,5)1(6)7/h12-13,15H,1-11H2;2*(H,6,7). The van der Waals surface area contributed by atoms with Crippen LogP contribution in [-0.2, 0) is 14.3 Å². The van der Waals surface area contributed by atoms with E-state index < -0.39 is 24.3 Å². The summed E-state index contributed by atoms with van der Waals surface area (Å²) in [5.74, 6) is -5.51. The maximum atomic E-state index is 10.6. The number of halogens is 6. The molecule has 2 saturated heterocycles. The lowest BCUT2D eigenvalue weighted by molar-refractivity contribution is -0.193. The molecule has 2 aliphatic heterocycles. The minimum Gasteiger partial charge on any atom is -0.475 e. The summed E-state index contributed by atoms with van der Waals surface area (Å²) in [5, 5.41) is 17.7. The van der Waals surface area contributed by atoms with Gasteiger partial charge in [0.2, 0.25) is 0 Å². The van der Waals surface area contributed by atoms with E-state index in [1.807, 2.05) is 11.3 Å². The summed E-state index contributed by atoms with van der Waals surface area (Å²) in [6.45, 7) is 5.14. The second-order valence-corrected chi connectivity index (χ2v) is 8.96. The number of rotatable bonds is 3. The molecule has 15 heteroatoms. The van der Waals surface area contributed by atoms with Gasteiger partial charge in [0.05, 0.1) is 24.9 Å². The first-order chi connectivity index (χ1) is 16.3. The number of thiazole rings is 1. The highest BCUT2D eigenvalue weighted by Gasteiger charge is 2.39. The van der Waals surface area contributed by atoms with Gasteiger partial charge in [-0.15, -0.1) is 11.3 Å². The van der Waals surface area contributed by atoms with Crippen molar-refractivity contribution in [3.63, 3.8) is 0 Å². The monoisotopic (exact) mass is 535 g/mol. The number of carboxylic acid groups (broad SMARTS) is 2. The molecule has 4 rings (SSSR count). The first kappa shape index (κ1) is 29.1. The fourth-order valence-corrected chi connectivity index (χ4v) is 4.95. The Hall–Kier alpha value is -2.13. The Morgan fingerprint density at radius 2 is 1.46 bits per heavy atom. The molecule has 0 amide bonds.